The first-order chi connectivity index (χ1) is 11.0. The van der Waals surface area contributed by atoms with Gasteiger partial charge in [0.25, 0.3) is 5.69 Å². The maximum atomic E-state index is 12.6. The molecule has 0 unspecified atom stereocenters. The number of fused-ring (bicyclic) bond motifs is 1. The molecular weight excluding hydrogens is 296 g/mol. The predicted octanol–water partition coefficient (Wildman–Crippen LogP) is 3.33. The maximum Gasteiger partial charge on any atom is 0.270 e. The summed E-state index contributed by atoms with van der Waals surface area (Å²) in [6.45, 7) is 3.79. The number of amides is 1. The monoisotopic (exact) mass is 312 g/mol. The first-order valence-corrected chi connectivity index (χ1v) is 7.25. The number of para-hydroxylation sites is 1. The molecule has 1 atom stereocenters. The lowest BCUT2D eigenvalue weighted by molar-refractivity contribution is -0.384. The van der Waals surface area contributed by atoms with Crippen molar-refractivity contribution in [3.8, 4) is 5.75 Å². The second-order valence-electron chi connectivity index (χ2n) is 5.60. The molecule has 6 nitrogen and oxygen atoms in total. The molecule has 1 aliphatic heterocycles. The third-order valence-electron chi connectivity index (χ3n) is 3.99. The number of nitro groups is 1. The predicted molar refractivity (Wildman–Crippen MR) is 85.9 cm³/mol. The number of carbonyl (C=O) groups excluding carboxylic acids is 1. The van der Waals surface area contributed by atoms with Crippen molar-refractivity contribution in [3.63, 3.8) is 0 Å². The molecular formula is C17H16N2O4. The average molecular weight is 312 g/mol. The lowest BCUT2D eigenvalue weighted by Crippen LogP contribution is -2.23. The second-order valence-corrected chi connectivity index (χ2v) is 5.60. The van der Waals surface area contributed by atoms with Gasteiger partial charge in [0.05, 0.1) is 4.92 Å². The Morgan fingerprint density at radius 1 is 1.26 bits per heavy atom. The standard InChI is InChI=1S/C17H16N2O4/c1-10-7-12(19(21)22)8-11(2)16(10)18-17(20)14-9-23-15-6-4-3-5-13(14)15/h3-8,14H,9H2,1-2H3,(H,18,20)/t14-/m0/s1. The summed E-state index contributed by atoms with van der Waals surface area (Å²) in [4.78, 5) is 23.0. The highest BCUT2D eigenvalue weighted by atomic mass is 16.6. The van der Waals surface area contributed by atoms with Crippen LogP contribution in [0.2, 0.25) is 0 Å². The van der Waals surface area contributed by atoms with Crippen molar-refractivity contribution in [2.24, 2.45) is 0 Å². The van der Waals surface area contributed by atoms with E-state index in [0.717, 1.165) is 11.3 Å². The number of non-ortho nitro benzene ring substituents is 1. The van der Waals surface area contributed by atoms with Gasteiger partial charge >= 0.3 is 0 Å². The molecule has 0 saturated heterocycles. The molecule has 0 saturated carbocycles. The number of hydrogen-bond donors (Lipinski definition) is 1. The quantitative estimate of drug-likeness (QED) is 0.696. The van der Waals surface area contributed by atoms with Crippen LogP contribution in [-0.2, 0) is 4.79 Å². The fourth-order valence-electron chi connectivity index (χ4n) is 2.83. The largest absolute Gasteiger partial charge is 0.492 e. The lowest BCUT2D eigenvalue weighted by Gasteiger charge is -2.14. The van der Waals surface area contributed by atoms with Crippen LogP contribution in [-0.4, -0.2) is 17.4 Å². The van der Waals surface area contributed by atoms with Crippen molar-refractivity contribution >= 4 is 17.3 Å². The van der Waals surface area contributed by atoms with E-state index in [1.165, 1.54) is 12.1 Å². The van der Waals surface area contributed by atoms with Gasteiger partial charge in [-0.1, -0.05) is 18.2 Å². The van der Waals surface area contributed by atoms with E-state index in [1.54, 1.807) is 13.8 Å². The molecule has 3 rings (SSSR count). The molecule has 0 radical (unpaired) electrons. The molecule has 23 heavy (non-hydrogen) atoms. The van der Waals surface area contributed by atoms with Crippen LogP contribution in [0.25, 0.3) is 0 Å². The molecule has 2 aromatic rings. The summed E-state index contributed by atoms with van der Waals surface area (Å²) in [5, 5.41) is 13.8. The fourth-order valence-corrected chi connectivity index (χ4v) is 2.83. The van der Waals surface area contributed by atoms with Crippen LogP contribution in [0.1, 0.15) is 22.6 Å². The van der Waals surface area contributed by atoms with E-state index in [0.29, 0.717) is 23.4 Å². The Hall–Kier alpha value is -2.89. The number of rotatable bonds is 3. The number of hydrogen-bond acceptors (Lipinski definition) is 4. The molecule has 1 heterocycles. The maximum absolute atomic E-state index is 12.6. The van der Waals surface area contributed by atoms with Crippen molar-refractivity contribution in [2.45, 2.75) is 19.8 Å². The molecule has 0 aliphatic carbocycles. The summed E-state index contributed by atoms with van der Waals surface area (Å²) in [5.41, 5.74) is 2.83. The van der Waals surface area contributed by atoms with Gasteiger partial charge in [-0.05, 0) is 31.0 Å². The summed E-state index contributed by atoms with van der Waals surface area (Å²) in [5.74, 6) is 0.181. The highest BCUT2D eigenvalue weighted by Gasteiger charge is 2.30. The molecule has 1 N–H and O–H groups in total. The zero-order chi connectivity index (χ0) is 16.6. The molecule has 0 fully saturated rings. The van der Waals surface area contributed by atoms with E-state index >= 15 is 0 Å². The topological polar surface area (TPSA) is 81.5 Å². The van der Waals surface area contributed by atoms with E-state index in [4.69, 9.17) is 4.74 Å². The number of aryl methyl sites for hydroxylation is 2. The normalized spacial score (nSPS) is 15.7. The smallest absolute Gasteiger partial charge is 0.270 e. The molecule has 0 spiro atoms. The molecule has 1 amide bonds. The number of anilines is 1. The van der Waals surface area contributed by atoms with E-state index < -0.39 is 4.92 Å². The summed E-state index contributed by atoms with van der Waals surface area (Å²) in [7, 11) is 0. The second kappa shape index (κ2) is 5.72. The van der Waals surface area contributed by atoms with Gasteiger partial charge in [-0.2, -0.15) is 0 Å². The number of carbonyl (C=O) groups is 1. The number of benzene rings is 2. The summed E-state index contributed by atoms with van der Waals surface area (Å²) in [6, 6.07) is 10.4. The Morgan fingerprint density at radius 2 is 1.91 bits per heavy atom. The number of ether oxygens (including phenoxy) is 1. The number of nitro benzene ring substituents is 1. The van der Waals surface area contributed by atoms with Gasteiger partial charge in [0, 0.05) is 23.4 Å². The van der Waals surface area contributed by atoms with Gasteiger partial charge in [0.1, 0.15) is 18.3 Å². The zero-order valence-electron chi connectivity index (χ0n) is 12.8. The van der Waals surface area contributed by atoms with Gasteiger partial charge in [-0.25, -0.2) is 0 Å². The highest BCUT2D eigenvalue weighted by Crippen LogP contribution is 2.35. The summed E-state index contributed by atoms with van der Waals surface area (Å²) >= 11 is 0. The van der Waals surface area contributed by atoms with Crippen LogP contribution in [0.15, 0.2) is 36.4 Å². The van der Waals surface area contributed by atoms with Crippen LogP contribution >= 0.6 is 0 Å². The van der Waals surface area contributed by atoms with Crippen molar-refractivity contribution in [3.05, 3.63) is 63.2 Å². The van der Waals surface area contributed by atoms with Gasteiger partial charge in [0.15, 0.2) is 0 Å². The molecule has 0 aromatic heterocycles. The first-order valence-electron chi connectivity index (χ1n) is 7.25. The zero-order valence-corrected chi connectivity index (χ0v) is 12.8. The third-order valence-corrected chi connectivity index (χ3v) is 3.99. The van der Waals surface area contributed by atoms with Crippen LogP contribution < -0.4 is 10.1 Å². The molecule has 6 heteroatoms. The highest BCUT2D eigenvalue weighted by molar-refractivity contribution is 5.98. The van der Waals surface area contributed by atoms with Crippen molar-refractivity contribution < 1.29 is 14.5 Å². The lowest BCUT2D eigenvalue weighted by atomic mass is 9.99. The van der Waals surface area contributed by atoms with Crippen molar-refractivity contribution in [2.75, 3.05) is 11.9 Å². The van der Waals surface area contributed by atoms with E-state index in [1.807, 2.05) is 24.3 Å². The molecule has 2 aromatic carbocycles. The average Bonchev–Trinajstić information content (AvgIpc) is 2.94. The van der Waals surface area contributed by atoms with Crippen LogP contribution in [0, 0.1) is 24.0 Å². The van der Waals surface area contributed by atoms with Crippen LogP contribution in [0.4, 0.5) is 11.4 Å². The first kappa shape index (κ1) is 15.0. The fraction of sp³-hybridized carbons (Fsp3) is 0.235. The minimum atomic E-state index is -0.438. The van der Waals surface area contributed by atoms with Gasteiger partial charge in [0.2, 0.25) is 5.91 Å². The van der Waals surface area contributed by atoms with Crippen molar-refractivity contribution in [1.29, 1.82) is 0 Å². The Bertz CT molecular complexity index is 778. The van der Waals surface area contributed by atoms with Gasteiger partial charge < -0.3 is 10.1 Å². The molecule has 118 valence electrons. The third kappa shape index (κ3) is 2.75. The molecule has 0 bridgehead atoms. The Morgan fingerprint density at radius 3 is 2.57 bits per heavy atom. The minimum Gasteiger partial charge on any atom is -0.492 e. The summed E-state index contributed by atoms with van der Waals surface area (Å²) < 4.78 is 5.53. The van der Waals surface area contributed by atoms with Crippen LogP contribution in [0.5, 0.6) is 5.75 Å². The Balaban J connectivity index is 1.86. The van der Waals surface area contributed by atoms with E-state index in [-0.39, 0.29) is 17.5 Å². The van der Waals surface area contributed by atoms with Crippen molar-refractivity contribution in [1.82, 2.24) is 0 Å². The Kier molecular flexibility index (Phi) is 3.73. The van der Waals surface area contributed by atoms with E-state index in [9.17, 15) is 14.9 Å². The van der Waals surface area contributed by atoms with Crippen LogP contribution in [0.3, 0.4) is 0 Å². The number of nitrogens with one attached hydrogen (secondary N) is 1. The van der Waals surface area contributed by atoms with Gasteiger partial charge in [-0.3, -0.25) is 14.9 Å². The minimum absolute atomic E-state index is 0.0209. The molecule has 1 aliphatic rings. The Labute approximate surface area is 133 Å². The number of nitrogens with zero attached hydrogens (tertiary/aromatic N) is 1. The van der Waals surface area contributed by atoms with E-state index in [2.05, 4.69) is 5.32 Å². The van der Waals surface area contributed by atoms with Gasteiger partial charge in [-0.15, -0.1) is 0 Å². The summed E-state index contributed by atoms with van der Waals surface area (Å²) in [6.07, 6.45) is 0. The SMILES string of the molecule is Cc1cc([N+](=O)[O-])cc(C)c1NC(=O)[C@H]1COc2ccccc21.